The molecule has 2 fully saturated rings. The smallest absolute Gasteiger partial charge is 0.0756 e. The molecular formula is C15H29NO. The van der Waals surface area contributed by atoms with Gasteiger partial charge in [0, 0.05) is 12.6 Å². The van der Waals surface area contributed by atoms with Crippen molar-refractivity contribution in [3.63, 3.8) is 0 Å². The Morgan fingerprint density at radius 1 is 1.00 bits per heavy atom. The van der Waals surface area contributed by atoms with Crippen LogP contribution in [0.5, 0.6) is 0 Å². The summed E-state index contributed by atoms with van der Waals surface area (Å²) in [6.07, 6.45) is 9.80. The van der Waals surface area contributed by atoms with Crippen LogP contribution in [0.2, 0.25) is 0 Å². The van der Waals surface area contributed by atoms with Crippen LogP contribution in [0.1, 0.15) is 58.8 Å². The second-order valence-electron chi connectivity index (χ2n) is 6.02. The second kappa shape index (κ2) is 6.19. The van der Waals surface area contributed by atoms with Gasteiger partial charge in [0.05, 0.1) is 6.10 Å². The molecule has 0 bridgehead atoms. The summed E-state index contributed by atoms with van der Waals surface area (Å²) in [7, 11) is 0. The molecule has 2 unspecified atom stereocenters. The highest BCUT2D eigenvalue weighted by atomic mass is 16.5. The van der Waals surface area contributed by atoms with Crippen LogP contribution in [-0.2, 0) is 4.74 Å². The van der Waals surface area contributed by atoms with Gasteiger partial charge in [-0.2, -0.15) is 0 Å². The Balaban J connectivity index is 1.83. The molecule has 0 aromatic carbocycles. The standard InChI is InChI=1S/C15H29NO/c1-3-11-5-7-12(8-6-11)14(16)15(17-4-2)13-9-10-13/h11-15H,3-10,16H2,1-2H3. The van der Waals surface area contributed by atoms with E-state index in [9.17, 15) is 0 Å². The first-order valence-corrected chi connectivity index (χ1v) is 7.63. The molecule has 0 aromatic rings. The predicted molar refractivity (Wildman–Crippen MR) is 71.9 cm³/mol. The van der Waals surface area contributed by atoms with Gasteiger partial charge in [-0.3, -0.25) is 0 Å². The molecule has 2 saturated carbocycles. The maximum atomic E-state index is 6.48. The van der Waals surface area contributed by atoms with Crippen molar-refractivity contribution in [1.82, 2.24) is 0 Å². The van der Waals surface area contributed by atoms with Crippen LogP contribution in [0.15, 0.2) is 0 Å². The predicted octanol–water partition coefficient (Wildman–Crippen LogP) is 3.35. The second-order valence-corrected chi connectivity index (χ2v) is 6.02. The third-order valence-corrected chi connectivity index (χ3v) is 4.84. The van der Waals surface area contributed by atoms with Crippen molar-refractivity contribution >= 4 is 0 Å². The molecule has 2 N–H and O–H groups in total. The summed E-state index contributed by atoms with van der Waals surface area (Å²) in [5.74, 6) is 2.45. The zero-order chi connectivity index (χ0) is 12.3. The van der Waals surface area contributed by atoms with Gasteiger partial charge in [-0.15, -0.1) is 0 Å². The molecule has 2 heteroatoms. The quantitative estimate of drug-likeness (QED) is 0.771. The Bertz CT molecular complexity index is 219. The largest absolute Gasteiger partial charge is 0.377 e. The summed E-state index contributed by atoms with van der Waals surface area (Å²) >= 11 is 0. The van der Waals surface area contributed by atoms with Crippen LogP contribution in [-0.4, -0.2) is 18.8 Å². The van der Waals surface area contributed by atoms with E-state index in [1.807, 2.05) is 0 Å². The summed E-state index contributed by atoms with van der Waals surface area (Å²) < 4.78 is 5.91. The first kappa shape index (κ1) is 13.4. The van der Waals surface area contributed by atoms with Crippen LogP contribution >= 0.6 is 0 Å². The highest BCUT2D eigenvalue weighted by molar-refractivity contribution is 4.93. The Morgan fingerprint density at radius 3 is 2.06 bits per heavy atom. The summed E-state index contributed by atoms with van der Waals surface area (Å²) in [4.78, 5) is 0. The Labute approximate surface area is 106 Å². The van der Waals surface area contributed by atoms with Crippen LogP contribution in [0.25, 0.3) is 0 Å². The lowest BCUT2D eigenvalue weighted by Crippen LogP contribution is -2.45. The summed E-state index contributed by atoms with van der Waals surface area (Å²) in [6, 6.07) is 0.292. The minimum atomic E-state index is 0.292. The van der Waals surface area contributed by atoms with E-state index in [0.29, 0.717) is 12.1 Å². The minimum Gasteiger partial charge on any atom is -0.377 e. The van der Waals surface area contributed by atoms with E-state index in [1.165, 1.54) is 44.9 Å². The molecule has 0 radical (unpaired) electrons. The third kappa shape index (κ3) is 3.45. The molecule has 0 aliphatic heterocycles. The van der Waals surface area contributed by atoms with Crippen LogP contribution in [0.4, 0.5) is 0 Å². The van der Waals surface area contributed by atoms with Gasteiger partial charge in [0.1, 0.15) is 0 Å². The number of ether oxygens (including phenoxy) is 1. The van der Waals surface area contributed by atoms with Crippen LogP contribution in [0.3, 0.4) is 0 Å². The fourth-order valence-electron chi connectivity index (χ4n) is 3.43. The van der Waals surface area contributed by atoms with Crippen molar-refractivity contribution in [2.24, 2.45) is 23.5 Å². The maximum absolute atomic E-state index is 6.48. The fourth-order valence-corrected chi connectivity index (χ4v) is 3.43. The van der Waals surface area contributed by atoms with E-state index < -0.39 is 0 Å². The molecule has 2 aliphatic rings. The van der Waals surface area contributed by atoms with Crippen molar-refractivity contribution in [2.45, 2.75) is 70.9 Å². The number of rotatable bonds is 6. The first-order chi connectivity index (χ1) is 8.26. The Morgan fingerprint density at radius 2 is 1.59 bits per heavy atom. The Hall–Kier alpha value is -0.0800. The van der Waals surface area contributed by atoms with Gasteiger partial charge in [-0.25, -0.2) is 0 Å². The lowest BCUT2D eigenvalue weighted by atomic mass is 9.76. The average molecular weight is 239 g/mol. The molecule has 2 nitrogen and oxygen atoms in total. The van der Waals surface area contributed by atoms with E-state index >= 15 is 0 Å². The number of nitrogens with two attached hydrogens (primary N) is 1. The first-order valence-electron chi connectivity index (χ1n) is 7.63. The third-order valence-electron chi connectivity index (χ3n) is 4.84. The zero-order valence-electron chi connectivity index (χ0n) is 11.5. The summed E-state index contributed by atoms with van der Waals surface area (Å²) in [5.41, 5.74) is 6.48. The number of hydrogen-bond acceptors (Lipinski definition) is 2. The van der Waals surface area contributed by atoms with E-state index in [1.54, 1.807) is 0 Å². The van der Waals surface area contributed by atoms with E-state index in [2.05, 4.69) is 13.8 Å². The van der Waals surface area contributed by atoms with E-state index in [0.717, 1.165) is 24.4 Å². The van der Waals surface area contributed by atoms with Gasteiger partial charge >= 0.3 is 0 Å². The lowest BCUT2D eigenvalue weighted by Gasteiger charge is -2.35. The molecule has 0 heterocycles. The minimum absolute atomic E-state index is 0.292. The van der Waals surface area contributed by atoms with Gasteiger partial charge in [-0.05, 0) is 50.4 Å². The van der Waals surface area contributed by atoms with E-state index in [4.69, 9.17) is 10.5 Å². The van der Waals surface area contributed by atoms with Crippen molar-refractivity contribution in [3.8, 4) is 0 Å². The highest BCUT2D eigenvalue weighted by Crippen LogP contribution is 2.40. The fraction of sp³-hybridized carbons (Fsp3) is 1.00. The summed E-state index contributed by atoms with van der Waals surface area (Å²) in [6.45, 7) is 5.23. The molecular weight excluding hydrogens is 210 g/mol. The van der Waals surface area contributed by atoms with Crippen LogP contribution < -0.4 is 5.73 Å². The average Bonchev–Trinajstić information content (AvgIpc) is 3.19. The van der Waals surface area contributed by atoms with Gasteiger partial charge in [0.15, 0.2) is 0 Å². The maximum Gasteiger partial charge on any atom is 0.0756 e. The molecule has 2 rings (SSSR count). The van der Waals surface area contributed by atoms with Crippen LogP contribution in [0, 0.1) is 17.8 Å². The van der Waals surface area contributed by atoms with E-state index in [-0.39, 0.29) is 0 Å². The molecule has 17 heavy (non-hydrogen) atoms. The molecule has 2 atom stereocenters. The molecule has 0 spiro atoms. The summed E-state index contributed by atoms with van der Waals surface area (Å²) in [5, 5.41) is 0. The van der Waals surface area contributed by atoms with Gasteiger partial charge in [0.25, 0.3) is 0 Å². The van der Waals surface area contributed by atoms with Crippen molar-refractivity contribution in [1.29, 1.82) is 0 Å². The molecule has 0 amide bonds. The van der Waals surface area contributed by atoms with Gasteiger partial charge in [0.2, 0.25) is 0 Å². The monoisotopic (exact) mass is 239 g/mol. The topological polar surface area (TPSA) is 35.2 Å². The van der Waals surface area contributed by atoms with Crippen molar-refractivity contribution < 1.29 is 4.74 Å². The van der Waals surface area contributed by atoms with Crippen molar-refractivity contribution in [2.75, 3.05) is 6.61 Å². The normalized spacial score (nSPS) is 33.4. The Kier molecular flexibility index (Phi) is 4.87. The lowest BCUT2D eigenvalue weighted by molar-refractivity contribution is 0.00692. The SMILES string of the molecule is CCOC(C1CC1)C(N)C1CCC(CC)CC1. The van der Waals surface area contributed by atoms with Gasteiger partial charge in [-0.1, -0.05) is 26.2 Å². The molecule has 100 valence electrons. The highest BCUT2D eigenvalue weighted by Gasteiger charge is 2.39. The zero-order valence-corrected chi connectivity index (χ0v) is 11.5. The van der Waals surface area contributed by atoms with Gasteiger partial charge < -0.3 is 10.5 Å². The van der Waals surface area contributed by atoms with Crippen molar-refractivity contribution in [3.05, 3.63) is 0 Å². The molecule has 0 aromatic heterocycles. The number of hydrogen-bond donors (Lipinski definition) is 1. The molecule has 2 aliphatic carbocycles. The molecule has 0 saturated heterocycles.